The number of aliphatic hydroxyl groups excluding tert-OH is 1. The van der Waals surface area contributed by atoms with E-state index in [9.17, 15) is 14.7 Å². The number of hydrogen-bond acceptors (Lipinski definition) is 5. The number of hydrogen-bond donors (Lipinski definition) is 3. The normalized spacial score (nSPS) is 16.5. The number of nitrogens with one attached hydrogen (secondary N) is 2. The van der Waals surface area contributed by atoms with Crippen molar-refractivity contribution < 1.29 is 14.7 Å². The summed E-state index contributed by atoms with van der Waals surface area (Å²) in [6, 6.07) is 13.2. The van der Waals surface area contributed by atoms with Gasteiger partial charge >= 0.3 is 0 Å². The van der Waals surface area contributed by atoms with Crippen LogP contribution in [0.5, 0.6) is 0 Å². The van der Waals surface area contributed by atoms with Crippen molar-refractivity contribution in [2.75, 3.05) is 19.0 Å². The maximum atomic E-state index is 13.2. The maximum Gasteiger partial charge on any atom is 0.226 e. The number of amides is 1. The third-order valence-electron chi connectivity index (χ3n) is 5.87. The molecule has 160 valence electrons. The lowest BCUT2D eigenvalue weighted by atomic mass is 9.85. The van der Waals surface area contributed by atoms with Gasteiger partial charge in [-0.2, -0.15) is 0 Å². The van der Waals surface area contributed by atoms with E-state index >= 15 is 0 Å². The van der Waals surface area contributed by atoms with E-state index in [1.807, 2.05) is 42.5 Å². The van der Waals surface area contributed by atoms with E-state index in [1.165, 1.54) is 4.90 Å². The minimum absolute atomic E-state index is 0.0698. The highest BCUT2D eigenvalue weighted by Crippen LogP contribution is 2.40. The standard InChI is InChI=1S/C24H26N4O3/c1-15(14-29)28(2)24(31)17-12-19-21(20(30)13-17)23(26-18-6-4-3-5-7-18)22(27-19)16-8-10-25-11-9-16/h3-11,15,17,26-27,29H,12-14H2,1-2H3/t15-,17?/m1/s1. The molecule has 2 heterocycles. The summed E-state index contributed by atoms with van der Waals surface area (Å²) in [6.07, 6.45) is 4.00. The first kappa shape index (κ1) is 20.8. The van der Waals surface area contributed by atoms with Gasteiger partial charge in [-0.15, -0.1) is 0 Å². The Balaban J connectivity index is 1.74. The number of carbonyl (C=O) groups excluding carboxylic acids is 2. The minimum atomic E-state index is -0.451. The highest BCUT2D eigenvalue weighted by Gasteiger charge is 2.36. The first-order chi connectivity index (χ1) is 15.0. The summed E-state index contributed by atoms with van der Waals surface area (Å²) in [4.78, 5) is 35.2. The number of aromatic amines is 1. The SMILES string of the molecule is C[C@H](CO)N(C)C(=O)C1CC(=O)c2c([nH]c(-c3ccncc3)c2Nc2ccccc2)C1. The number of benzene rings is 1. The van der Waals surface area contributed by atoms with Crippen molar-refractivity contribution in [2.24, 2.45) is 5.92 Å². The molecular formula is C24H26N4O3. The van der Waals surface area contributed by atoms with Gasteiger partial charge in [-0.05, 0) is 31.2 Å². The number of aliphatic hydroxyl groups is 1. The van der Waals surface area contributed by atoms with Crippen LogP contribution in [0.4, 0.5) is 11.4 Å². The second-order valence-corrected chi connectivity index (χ2v) is 7.96. The van der Waals surface area contributed by atoms with Crippen LogP contribution in [0.25, 0.3) is 11.3 Å². The van der Waals surface area contributed by atoms with Crippen LogP contribution in [0.1, 0.15) is 29.4 Å². The number of pyridine rings is 1. The zero-order valence-corrected chi connectivity index (χ0v) is 17.6. The highest BCUT2D eigenvalue weighted by molar-refractivity contribution is 6.09. The first-order valence-electron chi connectivity index (χ1n) is 10.4. The van der Waals surface area contributed by atoms with Crippen LogP contribution < -0.4 is 5.32 Å². The Labute approximate surface area is 181 Å². The predicted octanol–water partition coefficient (Wildman–Crippen LogP) is 3.40. The van der Waals surface area contributed by atoms with Crippen LogP contribution in [-0.4, -0.2) is 51.4 Å². The van der Waals surface area contributed by atoms with Crippen LogP contribution in [0, 0.1) is 5.92 Å². The lowest BCUT2D eigenvalue weighted by Crippen LogP contribution is -2.43. The van der Waals surface area contributed by atoms with Gasteiger partial charge in [-0.1, -0.05) is 18.2 Å². The topological polar surface area (TPSA) is 98.3 Å². The largest absolute Gasteiger partial charge is 0.394 e. The van der Waals surface area contributed by atoms with Gasteiger partial charge in [0, 0.05) is 49.2 Å². The molecule has 1 aromatic carbocycles. The van der Waals surface area contributed by atoms with Gasteiger partial charge in [-0.25, -0.2) is 0 Å². The Morgan fingerprint density at radius 3 is 2.61 bits per heavy atom. The number of fused-ring (bicyclic) bond motifs is 1. The second-order valence-electron chi connectivity index (χ2n) is 7.96. The number of rotatable bonds is 6. The van der Waals surface area contributed by atoms with E-state index < -0.39 is 5.92 Å². The van der Waals surface area contributed by atoms with Crippen molar-refractivity contribution in [1.29, 1.82) is 0 Å². The number of H-pyrrole nitrogens is 1. The van der Waals surface area contributed by atoms with Gasteiger partial charge in [-0.3, -0.25) is 14.6 Å². The van der Waals surface area contributed by atoms with Crippen LogP contribution in [0.2, 0.25) is 0 Å². The molecule has 1 aliphatic carbocycles. The predicted molar refractivity (Wildman–Crippen MR) is 119 cm³/mol. The summed E-state index contributed by atoms with van der Waals surface area (Å²) in [7, 11) is 1.67. The minimum Gasteiger partial charge on any atom is -0.394 e. The van der Waals surface area contributed by atoms with Crippen molar-refractivity contribution >= 4 is 23.1 Å². The Morgan fingerprint density at radius 1 is 1.23 bits per heavy atom. The quantitative estimate of drug-likeness (QED) is 0.570. The smallest absolute Gasteiger partial charge is 0.226 e. The maximum absolute atomic E-state index is 13.2. The Kier molecular flexibility index (Phi) is 5.86. The van der Waals surface area contributed by atoms with E-state index in [0.29, 0.717) is 12.0 Å². The molecule has 0 saturated carbocycles. The van der Waals surface area contributed by atoms with Crippen molar-refractivity contribution in [3.05, 3.63) is 66.1 Å². The van der Waals surface area contributed by atoms with Gasteiger partial charge in [0.15, 0.2) is 5.78 Å². The van der Waals surface area contributed by atoms with E-state index in [0.717, 1.165) is 28.3 Å². The van der Waals surface area contributed by atoms with Gasteiger partial charge in [0.05, 0.1) is 35.5 Å². The van der Waals surface area contributed by atoms with Crippen LogP contribution >= 0.6 is 0 Å². The summed E-state index contributed by atoms with van der Waals surface area (Å²) >= 11 is 0. The molecule has 1 amide bonds. The fraction of sp³-hybridized carbons (Fsp3) is 0.292. The molecule has 2 aromatic heterocycles. The van der Waals surface area contributed by atoms with Crippen molar-refractivity contribution in [3.8, 4) is 11.3 Å². The molecule has 0 fully saturated rings. The number of ketones is 1. The average Bonchev–Trinajstić information content (AvgIpc) is 3.17. The summed E-state index contributed by atoms with van der Waals surface area (Å²) in [5.74, 6) is -0.648. The zero-order valence-electron chi connectivity index (χ0n) is 17.6. The third-order valence-corrected chi connectivity index (χ3v) is 5.87. The number of para-hydroxylation sites is 1. The average molecular weight is 418 g/mol. The molecule has 0 aliphatic heterocycles. The Bertz CT molecular complexity index is 1080. The molecule has 0 bridgehead atoms. The van der Waals surface area contributed by atoms with E-state index in [1.54, 1.807) is 26.4 Å². The molecule has 4 rings (SSSR count). The molecule has 3 aromatic rings. The first-order valence-corrected chi connectivity index (χ1v) is 10.4. The van der Waals surface area contributed by atoms with E-state index in [2.05, 4.69) is 15.3 Å². The molecule has 3 N–H and O–H groups in total. The fourth-order valence-electron chi connectivity index (χ4n) is 3.99. The number of aromatic nitrogens is 2. The molecule has 2 atom stereocenters. The molecule has 1 unspecified atom stereocenters. The van der Waals surface area contributed by atoms with E-state index in [4.69, 9.17) is 0 Å². The number of nitrogens with zero attached hydrogens (tertiary/aromatic N) is 2. The fourth-order valence-corrected chi connectivity index (χ4v) is 3.99. The summed E-state index contributed by atoms with van der Waals surface area (Å²) < 4.78 is 0. The van der Waals surface area contributed by atoms with Gasteiger partial charge in [0.1, 0.15) is 0 Å². The molecule has 0 spiro atoms. The van der Waals surface area contributed by atoms with Crippen molar-refractivity contribution in [1.82, 2.24) is 14.9 Å². The number of carbonyl (C=O) groups is 2. The van der Waals surface area contributed by atoms with Crippen LogP contribution in [0.3, 0.4) is 0 Å². The lowest BCUT2D eigenvalue weighted by Gasteiger charge is -2.29. The molecular weight excluding hydrogens is 392 g/mol. The third kappa shape index (κ3) is 4.09. The monoisotopic (exact) mass is 418 g/mol. The second kappa shape index (κ2) is 8.73. The van der Waals surface area contributed by atoms with E-state index in [-0.39, 0.29) is 30.8 Å². The van der Waals surface area contributed by atoms with Gasteiger partial charge in [0.25, 0.3) is 0 Å². The van der Waals surface area contributed by atoms with Crippen LogP contribution in [-0.2, 0) is 11.2 Å². The van der Waals surface area contributed by atoms with Crippen LogP contribution in [0.15, 0.2) is 54.9 Å². The number of likely N-dealkylation sites (N-methyl/N-ethyl adjacent to an activating group) is 1. The summed E-state index contributed by atoms with van der Waals surface area (Å²) in [5.41, 5.74) is 4.67. The molecule has 0 saturated heterocycles. The Morgan fingerprint density at radius 2 is 1.94 bits per heavy atom. The summed E-state index contributed by atoms with van der Waals surface area (Å²) in [6.45, 7) is 1.67. The van der Waals surface area contributed by atoms with Crippen molar-refractivity contribution in [3.63, 3.8) is 0 Å². The molecule has 31 heavy (non-hydrogen) atoms. The molecule has 0 radical (unpaired) electrons. The lowest BCUT2D eigenvalue weighted by molar-refractivity contribution is -0.136. The number of Topliss-reactive ketones (excluding diaryl/α,β-unsaturated/α-hetero) is 1. The molecule has 7 nitrogen and oxygen atoms in total. The van der Waals surface area contributed by atoms with Crippen molar-refractivity contribution in [2.45, 2.75) is 25.8 Å². The summed E-state index contributed by atoms with van der Waals surface area (Å²) in [5, 5.41) is 12.8. The highest BCUT2D eigenvalue weighted by atomic mass is 16.3. The molecule has 7 heteroatoms. The Hall–Kier alpha value is -3.45. The molecule has 1 aliphatic rings. The van der Waals surface area contributed by atoms with Gasteiger partial charge in [0.2, 0.25) is 5.91 Å². The van der Waals surface area contributed by atoms with Gasteiger partial charge < -0.3 is 20.3 Å². The number of anilines is 2. The zero-order chi connectivity index (χ0) is 22.0.